The summed E-state index contributed by atoms with van der Waals surface area (Å²) in [5.41, 5.74) is 2.14. The molecular weight excluding hydrogens is 339 g/mol. The van der Waals surface area contributed by atoms with Crippen LogP contribution in [0.3, 0.4) is 0 Å². The van der Waals surface area contributed by atoms with Crippen molar-refractivity contribution in [2.75, 3.05) is 16.0 Å². The Balaban J connectivity index is 1.87. The van der Waals surface area contributed by atoms with Crippen molar-refractivity contribution in [3.05, 3.63) is 59.9 Å². The molecule has 0 aromatic heterocycles. The number of thioether (sulfide) groups is 1. The number of hydrogen-bond acceptors (Lipinski definition) is 3. The normalized spacial score (nSPS) is 17.0. The largest absolute Gasteiger partial charge is 0.326 e. The predicted molar refractivity (Wildman–Crippen MR) is 99.1 cm³/mol. The van der Waals surface area contributed by atoms with Crippen LogP contribution < -0.4 is 10.2 Å². The maximum atomic E-state index is 13.6. The number of amides is 2. The van der Waals surface area contributed by atoms with Crippen molar-refractivity contribution in [3.63, 3.8) is 0 Å². The van der Waals surface area contributed by atoms with Crippen molar-refractivity contribution in [2.24, 2.45) is 0 Å². The zero-order valence-corrected chi connectivity index (χ0v) is 14.7. The molecule has 1 fully saturated rings. The van der Waals surface area contributed by atoms with Gasteiger partial charge in [0.2, 0.25) is 11.8 Å². The number of carbonyl (C=O) groups excluding carboxylic acids is 2. The second-order valence-corrected chi connectivity index (χ2v) is 6.90. The van der Waals surface area contributed by atoms with Gasteiger partial charge in [-0.3, -0.25) is 14.5 Å². The van der Waals surface area contributed by atoms with E-state index < -0.39 is 0 Å². The van der Waals surface area contributed by atoms with Gasteiger partial charge >= 0.3 is 0 Å². The molecule has 1 N–H and O–H groups in total. The monoisotopic (exact) mass is 358 g/mol. The first kappa shape index (κ1) is 17.5. The van der Waals surface area contributed by atoms with E-state index in [1.165, 1.54) is 23.9 Å². The van der Waals surface area contributed by atoms with E-state index in [4.69, 9.17) is 0 Å². The van der Waals surface area contributed by atoms with Gasteiger partial charge in [-0.25, -0.2) is 4.39 Å². The molecule has 1 aliphatic heterocycles. The number of carbonyl (C=O) groups is 2. The van der Waals surface area contributed by atoms with Gasteiger partial charge < -0.3 is 5.32 Å². The van der Waals surface area contributed by atoms with Crippen LogP contribution in [0.4, 0.5) is 15.8 Å². The minimum Gasteiger partial charge on any atom is -0.326 e. The van der Waals surface area contributed by atoms with Gasteiger partial charge in [-0.05, 0) is 42.3 Å². The predicted octanol–water partition coefficient (Wildman–Crippen LogP) is 4.34. The topological polar surface area (TPSA) is 49.4 Å². The summed E-state index contributed by atoms with van der Waals surface area (Å²) in [6.45, 7) is 1.95. The van der Waals surface area contributed by atoms with E-state index in [-0.39, 0.29) is 23.0 Å². The highest BCUT2D eigenvalue weighted by molar-refractivity contribution is 8.00. The lowest BCUT2D eigenvalue weighted by molar-refractivity contribution is -0.116. The number of rotatable bonds is 5. The maximum Gasteiger partial charge on any atom is 0.238 e. The Bertz CT molecular complexity index is 796. The van der Waals surface area contributed by atoms with Gasteiger partial charge in [0, 0.05) is 17.8 Å². The smallest absolute Gasteiger partial charge is 0.238 e. The molecule has 0 bridgehead atoms. The van der Waals surface area contributed by atoms with Crippen LogP contribution in [0.2, 0.25) is 0 Å². The fourth-order valence-corrected chi connectivity index (χ4v) is 3.96. The quantitative estimate of drug-likeness (QED) is 0.865. The lowest BCUT2D eigenvalue weighted by Gasteiger charge is -2.24. The van der Waals surface area contributed by atoms with E-state index in [0.29, 0.717) is 23.5 Å². The molecule has 0 unspecified atom stereocenters. The zero-order chi connectivity index (χ0) is 17.8. The highest BCUT2D eigenvalue weighted by atomic mass is 32.2. The third-order valence-electron chi connectivity index (χ3n) is 3.89. The Kier molecular flexibility index (Phi) is 5.38. The molecule has 4 nitrogen and oxygen atoms in total. The standard InChI is InChI=1S/C19H19FN2O2S/c1-2-5-17(23)21-15-8-3-6-13(10-15)19-22(18(24)12-25-19)16-9-4-7-14(20)11-16/h3-4,6-11,19H,2,5,12H2,1H3,(H,21,23)/t19-/m0/s1. The molecule has 130 valence electrons. The van der Waals surface area contributed by atoms with Gasteiger partial charge in [0.15, 0.2) is 0 Å². The van der Waals surface area contributed by atoms with Crippen LogP contribution >= 0.6 is 11.8 Å². The molecule has 25 heavy (non-hydrogen) atoms. The summed E-state index contributed by atoms with van der Waals surface area (Å²) in [6.07, 6.45) is 1.25. The number of anilines is 2. The molecule has 0 saturated carbocycles. The second-order valence-electron chi connectivity index (χ2n) is 5.83. The fraction of sp³-hybridized carbons (Fsp3) is 0.263. The maximum absolute atomic E-state index is 13.6. The van der Waals surface area contributed by atoms with Crippen LogP contribution in [0.1, 0.15) is 30.7 Å². The van der Waals surface area contributed by atoms with Crippen LogP contribution in [-0.4, -0.2) is 17.6 Å². The number of benzene rings is 2. The lowest BCUT2D eigenvalue weighted by Crippen LogP contribution is -2.27. The average Bonchev–Trinajstić information content (AvgIpc) is 2.97. The van der Waals surface area contributed by atoms with Crippen LogP contribution in [0.15, 0.2) is 48.5 Å². The van der Waals surface area contributed by atoms with Crippen molar-refractivity contribution in [1.29, 1.82) is 0 Å². The van der Waals surface area contributed by atoms with Crippen LogP contribution in [0.25, 0.3) is 0 Å². The first-order valence-corrected chi connectivity index (χ1v) is 9.22. The number of nitrogens with zero attached hydrogens (tertiary/aromatic N) is 1. The number of nitrogens with one attached hydrogen (secondary N) is 1. The van der Waals surface area contributed by atoms with Crippen LogP contribution in [0, 0.1) is 5.82 Å². The van der Waals surface area contributed by atoms with Crippen molar-refractivity contribution in [3.8, 4) is 0 Å². The van der Waals surface area contributed by atoms with Crippen molar-refractivity contribution < 1.29 is 14.0 Å². The first-order valence-electron chi connectivity index (χ1n) is 8.17. The van der Waals surface area contributed by atoms with Crippen LogP contribution in [-0.2, 0) is 9.59 Å². The minimum absolute atomic E-state index is 0.0308. The molecule has 6 heteroatoms. The molecule has 1 atom stereocenters. The lowest BCUT2D eigenvalue weighted by atomic mass is 10.1. The highest BCUT2D eigenvalue weighted by Crippen LogP contribution is 2.42. The Labute approximate surface area is 150 Å². The molecule has 2 aromatic carbocycles. The summed E-state index contributed by atoms with van der Waals surface area (Å²) < 4.78 is 13.6. The van der Waals surface area contributed by atoms with Gasteiger partial charge in [-0.15, -0.1) is 11.8 Å². The van der Waals surface area contributed by atoms with Gasteiger partial charge in [-0.2, -0.15) is 0 Å². The Morgan fingerprint density at radius 1 is 1.28 bits per heavy atom. The third kappa shape index (κ3) is 4.02. The Morgan fingerprint density at radius 3 is 2.84 bits per heavy atom. The minimum atomic E-state index is -0.374. The summed E-state index contributed by atoms with van der Waals surface area (Å²) in [7, 11) is 0. The second kappa shape index (κ2) is 7.70. The molecule has 2 amide bonds. The number of hydrogen-bond donors (Lipinski definition) is 1. The zero-order valence-electron chi connectivity index (χ0n) is 13.9. The third-order valence-corrected chi connectivity index (χ3v) is 5.10. The fourth-order valence-electron chi connectivity index (χ4n) is 2.80. The first-order chi connectivity index (χ1) is 12.1. The van der Waals surface area contributed by atoms with Gasteiger partial charge in [0.25, 0.3) is 0 Å². The van der Waals surface area contributed by atoms with E-state index in [1.807, 2.05) is 31.2 Å². The molecule has 1 aliphatic rings. The molecule has 1 saturated heterocycles. The summed E-state index contributed by atoms with van der Waals surface area (Å²) in [4.78, 5) is 25.7. The van der Waals surface area contributed by atoms with E-state index in [9.17, 15) is 14.0 Å². The molecule has 1 heterocycles. The van der Waals surface area contributed by atoms with E-state index in [2.05, 4.69) is 5.32 Å². The van der Waals surface area contributed by atoms with Gasteiger partial charge in [0.05, 0.1) is 5.75 Å². The molecule has 0 aliphatic carbocycles. The molecule has 3 rings (SSSR count). The van der Waals surface area contributed by atoms with Crippen LogP contribution in [0.5, 0.6) is 0 Å². The SMILES string of the molecule is CCCC(=O)Nc1cccc([C@@H]2SCC(=O)N2c2cccc(F)c2)c1. The van der Waals surface area contributed by atoms with Gasteiger partial charge in [-0.1, -0.05) is 25.1 Å². The van der Waals surface area contributed by atoms with Crippen molar-refractivity contribution >= 4 is 35.0 Å². The molecule has 0 radical (unpaired) electrons. The summed E-state index contributed by atoms with van der Waals surface area (Å²) in [6, 6.07) is 13.5. The Morgan fingerprint density at radius 2 is 2.08 bits per heavy atom. The molecule has 0 spiro atoms. The summed E-state index contributed by atoms with van der Waals surface area (Å²) in [5, 5.41) is 2.63. The molecule has 2 aromatic rings. The van der Waals surface area contributed by atoms with E-state index in [1.54, 1.807) is 17.0 Å². The van der Waals surface area contributed by atoms with Crippen molar-refractivity contribution in [2.45, 2.75) is 25.1 Å². The summed E-state index contributed by atoms with van der Waals surface area (Å²) >= 11 is 1.49. The van der Waals surface area contributed by atoms with Crippen molar-refractivity contribution in [1.82, 2.24) is 0 Å². The highest BCUT2D eigenvalue weighted by Gasteiger charge is 2.34. The average molecular weight is 358 g/mol. The summed E-state index contributed by atoms with van der Waals surface area (Å²) in [5.74, 6) is -0.118. The van der Waals surface area contributed by atoms with E-state index in [0.717, 1.165) is 12.0 Å². The van der Waals surface area contributed by atoms with E-state index >= 15 is 0 Å². The molecular formula is C19H19FN2O2S. The Hall–Kier alpha value is -2.34. The van der Waals surface area contributed by atoms with Gasteiger partial charge in [0.1, 0.15) is 11.2 Å². The number of halogens is 1.